The Morgan fingerprint density at radius 2 is 1.68 bits per heavy atom. The Morgan fingerprint density at radius 3 is 2.32 bits per heavy atom. The first-order valence-corrected chi connectivity index (χ1v) is 11.2. The fourth-order valence-corrected chi connectivity index (χ4v) is 3.28. The number of hydrazone groups is 1. The smallest absolute Gasteiger partial charge is 0.343 e. The van der Waals surface area contributed by atoms with Crippen LogP contribution in [-0.4, -0.2) is 24.7 Å². The SMILES string of the molecule is CCOc1cc(/C=N/NC(=O)c2ccccc2C)ccc1OC(=O)c1ccc(C(C)(C)C)cc1. The average Bonchev–Trinajstić information content (AvgIpc) is 2.80. The zero-order chi connectivity index (χ0) is 24.7. The Kier molecular flexibility index (Phi) is 7.84. The lowest BCUT2D eigenvalue weighted by molar-refractivity contribution is 0.0728. The van der Waals surface area contributed by atoms with E-state index in [9.17, 15) is 9.59 Å². The molecule has 3 aromatic carbocycles. The van der Waals surface area contributed by atoms with Crippen LogP contribution in [0.5, 0.6) is 11.5 Å². The molecule has 0 saturated heterocycles. The van der Waals surface area contributed by atoms with Crippen molar-refractivity contribution in [2.24, 2.45) is 5.10 Å². The lowest BCUT2D eigenvalue weighted by atomic mass is 9.87. The molecule has 0 bridgehead atoms. The number of rotatable bonds is 7. The Labute approximate surface area is 200 Å². The number of carbonyl (C=O) groups excluding carboxylic acids is 2. The topological polar surface area (TPSA) is 77.0 Å². The number of esters is 1. The van der Waals surface area contributed by atoms with Gasteiger partial charge in [-0.1, -0.05) is 51.1 Å². The quantitative estimate of drug-likeness (QED) is 0.214. The van der Waals surface area contributed by atoms with Crippen molar-refractivity contribution in [2.75, 3.05) is 6.61 Å². The van der Waals surface area contributed by atoms with E-state index >= 15 is 0 Å². The van der Waals surface area contributed by atoms with Crippen LogP contribution in [0.1, 0.15) is 65.1 Å². The molecule has 0 saturated carbocycles. The van der Waals surface area contributed by atoms with Gasteiger partial charge in [0.15, 0.2) is 11.5 Å². The summed E-state index contributed by atoms with van der Waals surface area (Å²) in [5.41, 5.74) is 6.24. The summed E-state index contributed by atoms with van der Waals surface area (Å²) in [6, 6.07) is 19.8. The largest absolute Gasteiger partial charge is 0.490 e. The Hall–Kier alpha value is -3.93. The van der Waals surface area contributed by atoms with Crippen LogP contribution in [0.4, 0.5) is 0 Å². The predicted octanol–water partition coefficient (Wildman–Crippen LogP) is 5.67. The molecule has 1 N–H and O–H groups in total. The van der Waals surface area contributed by atoms with Gasteiger partial charge in [0.25, 0.3) is 5.91 Å². The summed E-state index contributed by atoms with van der Waals surface area (Å²) in [5, 5.41) is 4.04. The van der Waals surface area contributed by atoms with E-state index in [-0.39, 0.29) is 11.3 Å². The third kappa shape index (κ3) is 6.32. The summed E-state index contributed by atoms with van der Waals surface area (Å²) in [4.78, 5) is 25.0. The van der Waals surface area contributed by atoms with Crippen molar-refractivity contribution in [2.45, 2.75) is 40.0 Å². The van der Waals surface area contributed by atoms with Crippen LogP contribution < -0.4 is 14.9 Å². The number of ether oxygens (including phenoxy) is 2. The first kappa shape index (κ1) is 24.7. The summed E-state index contributed by atoms with van der Waals surface area (Å²) in [5.74, 6) is -0.0279. The molecule has 0 aliphatic carbocycles. The fraction of sp³-hybridized carbons (Fsp3) is 0.250. The minimum atomic E-state index is -0.465. The fourth-order valence-electron chi connectivity index (χ4n) is 3.28. The maximum Gasteiger partial charge on any atom is 0.343 e. The molecule has 0 atom stereocenters. The third-order valence-electron chi connectivity index (χ3n) is 5.23. The van der Waals surface area contributed by atoms with Crippen LogP contribution in [0, 0.1) is 6.92 Å². The summed E-state index contributed by atoms with van der Waals surface area (Å²) < 4.78 is 11.3. The van der Waals surface area contributed by atoms with Gasteiger partial charge in [0, 0.05) is 5.56 Å². The van der Waals surface area contributed by atoms with Crippen LogP contribution >= 0.6 is 0 Å². The van der Waals surface area contributed by atoms with Crippen molar-refractivity contribution in [3.63, 3.8) is 0 Å². The molecule has 176 valence electrons. The van der Waals surface area contributed by atoms with Crippen LogP contribution in [0.3, 0.4) is 0 Å². The van der Waals surface area contributed by atoms with Crippen LogP contribution in [0.15, 0.2) is 71.8 Å². The Morgan fingerprint density at radius 1 is 0.971 bits per heavy atom. The first-order valence-electron chi connectivity index (χ1n) is 11.2. The molecule has 3 aromatic rings. The molecular formula is C28H30N2O4. The molecule has 0 aliphatic heterocycles. The Bertz CT molecular complexity index is 1190. The number of hydrogen-bond acceptors (Lipinski definition) is 5. The first-order chi connectivity index (χ1) is 16.2. The van der Waals surface area contributed by atoms with Crippen molar-refractivity contribution in [1.82, 2.24) is 5.43 Å². The second-order valence-corrected chi connectivity index (χ2v) is 8.87. The van der Waals surface area contributed by atoms with Gasteiger partial charge in [-0.15, -0.1) is 0 Å². The van der Waals surface area contributed by atoms with Crippen molar-refractivity contribution < 1.29 is 19.1 Å². The van der Waals surface area contributed by atoms with E-state index in [1.165, 1.54) is 6.21 Å². The van der Waals surface area contributed by atoms with Crippen molar-refractivity contribution in [3.8, 4) is 11.5 Å². The van der Waals surface area contributed by atoms with E-state index in [0.717, 1.165) is 11.1 Å². The van der Waals surface area contributed by atoms with Crippen molar-refractivity contribution >= 4 is 18.1 Å². The molecule has 34 heavy (non-hydrogen) atoms. The second-order valence-electron chi connectivity index (χ2n) is 8.87. The third-order valence-corrected chi connectivity index (χ3v) is 5.23. The number of nitrogens with one attached hydrogen (secondary N) is 1. The van der Waals surface area contributed by atoms with E-state index in [1.807, 2.05) is 38.1 Å². The molecule has 0 heterocycles. The van der Waals surface area contributed by atoms with E-state index < -0.39 is 5.97 Å². The van der Waals surface area contributed by atoms with Gasteiger partial charge in [-0.05, 0) is 72.4 Å². The standard InChI is InChI=1S/C28H30N2O4/c1-6-33-25-17-20(18-29-30-26(31)23-10-8-7-9-19(23)2)11-16-24(25)34-27(32)21-12-14-22(15-13-21)28(3,4)5/h7-18H,6H2,1-5H3,(H,30,31)/b29-18+. The molecule has 0 radical (unpaired) electrons. The van der Waals surface area contributed by atoms with Crippen LogP contribution in [-0.2, 0) is 5.41 Å². The van der Waals surface area contributed by atoms with E-state index in [1.54, 1.807) is 42.5 Å². The molecule has 0 fully saturated rings. The van der Waals surface area contributed by atoms with Gasteiger partial charge in [0.1, 0.15) is 0 Å². The van der Waals surface area contributed by atoms with E-state index in [4.69, 9.17) is 9.47 Å². The molecule has 0 aliphatic rings. The zero-order valence-electron chi connectivity index (χ0n) is 20.2. The highest BCUT2D eigenvalue weighted by molar-refractivity contribution is 5.96. The van der Waals surface area contributed by atoms with Crippen molar-refractivity contribution in [1.29, 1.82) is 0 Å². The molecule has 1 amide bonds. The normalized spacial score (nSPS) is 11.3. The second kappa shape index (κ2) is 10.8. The van der Waals surface area contributed by atoms with Gasteiger partial charge < -0.3 is 9.47 Å². The average molecular weight is 459 g/mol. The Balaban J connectivity index is 1.71. The van der Waals surface area contributed by atoms with Crippen LogP contribution in [0.2, 0.25) is 0 Å². The lowest BCUT2D eigenvalue weighted by Crippen LogP contribution is -2.18. The molecule has 6 heteroatoms. The van der Waals surface area contributed by atoms with Crippen LogP contribution in [0.25, 0.3) is 0 Å². The maximum atomic E-state index is 12.7. The highest BCUT2D eigenvalue weighted by Gasteiger charge is 2.17. The maximum absolute atomic E-state index is 12.7. The molecule has 6 nitrogen and oxygen atoms in total. The minimum Gasteiger partial charge on any atom is -0.490 e. The van der Waals surface area contributed by atoms with Gasteiger partial charge in [-0.2, -0.15) is 5.10 Å². The van der Waals surface area contributed by atoms with Gasteiger partial charge in [-0.3, -0.25) is 4.79 Å². The highest BCUT2D eigenvalue weighted by Crippen LogP contribution is 2.29. The number of hydrogen-bond donors (Lipinski definition) is 1. The number of amides is 1. The summed E-state index contributed by atoms with van der Waals surface area (Å²) >= 11 is 0. The molecule has 0 unspecified atom stereocenters. The number of carbonyl (C=O) groups is 2. The van der Waals surface area contributed by atoms with Gasteiger partial charge in [0.2, 0.25) is 0 Å². The summed E-state index contributed by atoms with van der Waals surface area (Å²) in [7, 11) is 0. The number of nitrogens with zero attached hydrogens (tertiary/aromatic N) is 1. The molecule has 0 spiro atoms. The molecular weight excluding hydrogens is 428 g/mol. The summed E-state index contributed by atoms with van der Waals surface area (Å²) in [6.07, 6.45) is 1.51. The highest BCUT2D eigenvalue weighted by atomic mass is 16.6. The van der Waals surface area contributed by atoms with Gasteiger partial charge in [0.05, 0.1) is 18.4 Å². The van der Waals surface area contributed by atoms with Gasteiger partial charge in [-0.25, -0.2) is 10.2 Å². The molecule has 0 aromatic heterocycles. The molecule has 3 rings (SSSR count). The monoisotopic (exact) mass is 458 g/mol. The summed E-state index contributed by atoms with van der Waals surface area (Å²) in [6.45, 7) is 10.5. The predicted molar refractivity (Wildman–Crippen MR) is 134 cm³/mol. The van der Waals surface area contributed by atoms with E-state index in [0.29, 0.717) is 34.8 Å². The lowest BCUT2D eigenvalue weighted by Gasteiger charge is -2.19. The number of benzene rings is 3. The minimum absolute atomic E-state index is 0.00134. The van der Waals surface area contributed by atoms with E-state index in [2.05, 4.69) is 31.3 Å². The zero-order valence-corrected chi connectivity index (χ0v) is 20.2. The van der Waals surface area contributed by atoms with Crippen molar-refractivity contribution in [3.05, 3.63) is 94.5 Å². The number of aryl methyl sites for hydroxylation is 1. The van der Waals surface area contributed by atoms with Gasteiger partial charge >= 0.3 is 5.97 Å².